The third-order valence-corrected chi connectivity index (χ3v) is 3.38. The molecular formula is C14H11NOS. The van der Waals surface area contributed by atoms with Gasteiger partial charge in [0.1, 0.15) is 5.76 Å². The Morgan fingerprint density at radius 1 is 1.06 bits per heavy atom. The summed E-state index contributed by atoms with van der Waals surface area (Å²) in [7, 11) is 0. The molecule has 1 aromatic carbocycles. The van der Waals surface area contributed by atoms with Crippen molar-refractivity contribution in [3.8, 4) is 11.5 Å². The van der Waals surface area contributed by atoms with Crippen molar-refractivity contribution in [2.45, 2.75) is 6.42 Å². The second-order valence-electron chi connectivity index (χ2n) is 3.75. The van der Waals surface area contributed by atoms with E-state index < -0.39 is 0 Å². The molecule has 0 atom stereocenters. The number of hydrogen-bond acceptors (Lipinski definition) is 3. The molecule has 0 saturated carbocycles. The van der Waals surface area contributed by atoms with Gasteiger partial charge in [-0.1, -0.05) is 24.3 Å². The Kier molecular flexibility index (Phi) is 2.76. The Bertz CT molecular complexity index is 584. The Labute approximate surface area is 104 Å². The first kappa shape index (κ1) is 10.3. The first-order valence-corrected chi connectivity index (χ1v) is 6.32. The molecule has 0 unspecified atom stereocenters. The lowest BCUT2D eigenvalue weighted by molar-refractivity contribution is 0.530. The fourth-order valence-corrected chi connectivity index (χ4v) is 2.40. The zero-order valence-corrected chi connectivity index (χ0v) is 9.98. The molecule has 2 heterocycles. The molecule has 0 aliphatic heterocycles. The maximum Gasteiger partial charge on any atom is 0.226 e. The van der Waals surface area contributed by atoms with Crippen LogP contribution >= 0.6 is 11.3 Å². The van der Waals surface area contributed by atoms with Crippen LogP contribution in [0.5, 0.6) is 0 Å². The first-order chi connectivity index (χ1) is 8.42. The summed E-state index contributed by atoms with van der Waals surface area (Å²) in [5.74, 6) is 1.60. The van der Waals surface area contributed by atoms with Gasteiger partial charge in [-0.25, -0.2) is 4.98 Å². The van der Waals surface area contributed by atoms with E-state index in [1.54, 1.807) is 11.3 Å². The zero-order valence-electron chi connectivity index (χ0n) is 9.17. The average Bonchev–Trinajstić information content (AvgIpc) is 3.02. The van der Waals surface area contributed by atoms with E-state index in [1.807, 2.05) is 36.5 Å². The van der Waals surface area contributed by atoms with E-state index in [2.05, 4.69) is 22.5 Å². The smallest absolute Gasteiger partial charge is 0.226 e. The van der Waals surface area contributed by atoms with Gasteiger partial charge in [0.05, 0.1) is 6.20 Å². The number of thiophene rings is 1. The van der Waals surface area contributed by atoms with Gasteiger partial charge < -0.3 is 4.42 Å². The van der Waals surface area contributed by atoms with Crippen LogP contribution in [-0.2, 0) is 6.42 Å². The van der Waals surface area contributed by atoms with E-state index in [1.165, 1.54) is 4.88 Å². The molecule has 3 aromatic rings. The quantitative estimate of drug-likeness (QED) is 0.693. The van der Waals surface area contributed by atoms with E-state index in [0.717, 1.165) is 17.7 Å². The zero-order chi connectivity index (χ0) is 11.5. The minimum atomic E-state index is 0.692. The lowest BCUT2D eigenvalue weighted by Crippen LogP contribution is -1.79. The number of nitrogens with zero attached hydrogens (tertiary/aromatic N) is 1. The van der Waals surface area contributed by atoms with Crippen molar-refractivity contribution in [3.63, 3.8) is 0 Å². The van der Waals surface area contributed by atoms with Crippen molar-refractivity contribution in [1.29, 1.82) is 0 Å². The Morgan fingerprint density at radius 2 is 1.94 bits per heavy atom. The summed E-state index contributed by atoms with van der Waals surface area (Å²) < 4.78 is 5.74. The molecule has 0 radical (unpaired) electrons. The summed E-state index contributed by atoms with van der Waals surface area (Å²) in [5.41, 5.74) is 1.02. The lowest BCUT2D eigenvalue weighted by atomic mass is 10.2. The van der Waals surface area contributed by atoms with E-state index in [4.69, 9.17) is 4.42 Å². The van der Waals surface area contributed by atoms with E-state index in [9.17, 15) is 0 Å². The van der Waals surface area contributed by atoms with Gasteiger partial charge in [0.25, 0.3) is 0 Å². The van der Waals surface area contributed by atoms with Crippen molar-refractivity contribution in [2.75, 3.05) is 0 Å². The third kappa shape index (κ3) is 2.29. The number of hydrogen-bond donors (Lipinski definition) is 0. The van der Waals surface area contributed by atoms with E-state index >= 15 is 0 Å². The van der Waals surface area contributed by atoms with Gasteiger partial charge in [0, 0.05) is 16.9 Å². The number of benzene rings is 1. The predicted octanol–water partition coefficient (Wildman–Crippen LogP) is 3.99. The van der Waals surface area contributed by atoms with Crippen molar-refractivity contribution in [2.24, 2.45) is 0 Å². The van der Waals surface area contributed by atoms with Gasteiger partial charge in [0.2, 0.25) is 5.89 Å². The van der Waals surface area contributed by atoms with Crippen LogP contribution in [0, 0.1) is 0 Å². The summed E-state index contributed by atoms with van der Waals surface area (Å²) in [6.45, 7) is 0. The molecular weight excluding hydrogens is 230 g/mol. The van der Waals surface area contributed by atoms with Crippen molar-refractivity contribution in [3.05, 3.63) is 64.7 Å². The fraction of sp³-hybridized carbons (Fsp3) is 0.0714. The molecule has 3 rings (SSSR count). The summed E-state index contributed by atoms with van der Waals surface area (Å²) in [6.07, 6.45) is 2.62. The first-order valence-electron chi connectivity index (χ1n) is 5.44. The highest BCUT2D eigenvalue weighted by molar-refractivity contribution is 7.09. The Morgan fingerprint density at radius 3 is 2.71 bits per heavy atom. The van der Waals surface area contributed by atoms with Crippen LogP contribution in [0.2, 0.25) is 0 Å². The average molecular weight is 241 g/mol. The molecule has 17 heavy (non-hydrogen) atoms. The van der Waals surface area contributed by atoms with Crippen molar-refractivity contribution in [1.82, 2.24) is 4.98 Å². The highest BCUT2D eigenvalue weighted by Gasteiger charge is 2.06. The minimum Gasteiger partial charge on any atom is -0.441 e. The summed E-state index contributed by atoms with van der Waals surface area (Å²) >= 11 is 1.74. The molecule has 0 aliphatic carbocycles. The maximum absolute atomic E-state index is 5.74. The molecule has 0 saturated heterocycles. The minimum absolute atomic E-state index is 0.692. The number of oxazole rings is 1. The fourth-order valence-electron chi connectivity index (χ4n) is 1.69. The van der Waals surface area contributed by atoms with Crippen LogP contribution < -0.4 is 0 Å². The van der Waals surface area contributed by atoms with E-state index in [-0.39, 0.29) is 0 Å². The second kappa shape index (κ2) is 4.55. The monoisotopic (exact) mass is 241 g/mol. The normalized spacial score (nSPS) is 10.6. The molecule has 0 spiro atoms. The third-order valence-electron chi connectivity index (χ3n) is 2.50. The van der Waals surface area contributed by atoms with Gasteiger partial charge in [0.15, 0.2) is 0 Å². The van der Waals surface area contributed by atoms with Crippen LogP contribution in [0.4, 0.5) is 0 Å². The van der Waals surface area contributed by atoms with Crippen LogP contribution in [0.3, 0.4) is 0 Å². The molecule has 2 aromatic heterocycles. The van der Waals surface area contributed by atoms with Gasteiger partial charge >= 0.3 is 0 Å². The van der Waals surface area contributed by atoms with Crippen LogP contribution in [0.1, 0.15) is 10.6 Å². The van der Waals surface area contributed by atoms with Crippen LogP contribution in [0.15, 0.2) is 58.5 Å². The summed E-state index contributed by atoms with van der Waals surface area (Å²) in [4.78, 5) is 5.60. The van der Waals surface area contributed by atoms with Gasteiger partial charge in [-0.05, 0) is 23.6 Å². The molecule has 0 aliphatic rings. The molecule has 84 valence electrons. The topological polar surface area (TPSA) is 26.0 Å². The number of rotatable bonds is 3. The molecule has 3 heteroatoms. The highest BCUT2D eigenvalue weighted by atomic mass is 32.1. The molecule has 0 bridgehead atoms. The molecule has 0 fully saturated rings. The SMILES string of the molecule is c1ccc(-c2ncc(Cc3cccs3)o2)cc1. The van der Waals surface area contributed by atoms with Gasteiger partial charge in [-0.3, -0.25) is 0 Å². The number of aromatic nitrogens is 1. The summed E-state index contributed by atoms with van der Waals surface area (Å²) in [5, 5.41) is 2.07. The van der Waals surface area contributed by atoms with Gasteiger partial charge in [-0.15, -0.1) is 11.3 Å². The Balaban J connectivity index is 1.84. The second-order valence-corrected chi connectivity index (χ2v) is 4.79. The van der Waals surface area contributed by atoms with E-state index in [0.29, 0.717) is 5.89 Å². The highest BCUT2D eigenvalue weighted by Crippen LogP contribution is 2.21. The largest absolute Gasteiger partial charge is 0.441 e. The van der Waals surface area contributed by atoms with Crippen LogP contribution in [-0.4, -0.2) is 4.98 Å². The summed E-state index contributed by atoms with van der Waals surface area (Å²) in [6, 6.07) is 14.1. The lowest BCUT2D eigenvalue weighted by Gasteiger charge is -1.94. The van der Waals surface area contributed by atoms with Gasteiger partial charge in [-0.2, -0.15) is 0 Å². The van der Waals surface area contributed by atoms with Crippen LogP contribution in [0.25, 0.3) is 11.5 Å². The standard InChI is InChI=1S/C14H11NOS/c1-2-5-11(6-3-1)14-15-10-12(16-14)9-13-7-4-8-17-13/h1-8,10H,9H2. The molecule has 2 nitrogen and oxygen atoms in total. The predicted molar refractivity (Wildman–Crippen MR) is 69.1 cm³/mol. The van der Waals surface area contributed by atoms with Crippen molar-refractivity contribution >= 4 is 11.3 Å². The Hall–Kier alpha value is -1.87. The molecule has 0 amide bonds. The maximum atomic E-state index is 5.74. The van der Waals surface area contributed by atoms with Crippen molar-refractivity contribution < 1.29 is 4.42 Å². The molecule has 0 N–H and O–H groups in total.